The Morgan fingerprint density at radius 2 is 1.54 bits per heavy atom. The van der Waals surface area contributed by atoms with E-state index in [-0.39, 0.29) is 5.75 Å². The van der Waals surface area contributed by atoms with E-state index >= 15 is 0 Å². The number of nitrogens with one attached hydrogen (secondary N) is 1. The topological polar surface area (TPSA) is 41.8 Å². The number of benzene rings is 2. The monoisotopic (exact) mass is 345 g/mol. The van der Waals surface area contributed by atoms with Crippen molar-refractivity contribution in [3.8, 4) is 0 Å². The van der Waals surface area contributed by atoms with E-state index in [4.69, 9.17) is 0 Å². The fourth-order valence-electron chi connectivity index (χ4n) is 3.13. The predicted octanol–water partition coefficient (Wildman–Crippen LogP) is 1.23. The highest BCUT2D eigenvalue weighted by Crippen LogP contribution is 2.11. The summed E-state index contributed by atoms with van der Waals surface area (Å²) in [5, 5.41) is 0. The molecule has 0 unspecified atom stereocenters. The second-order valence-electron chi connectivity index (χ2n) is 6.55. The Kier molecular flexibility index (Phi) is 5.33. The molecule has 1 fully saturated rings. The summed E-state index contributed by atoms with van der Waals surface area (Å²) in [5.41, 5.74) is 3.44. The van der Waals surface area contributed by atoms with Gasteiger partial charge in [-0.3, -0.25) is 0 Å². The van der Waals surface area contributed by atoms with Crippen molar-refractivity contribution in [1.82, 2.24) is 4.31 Å². The van der Waals surface area contributed by atoms with Crippen LogP contribution in [0.4, 0.5) is 0 Å². The molecule has 0 aliphatic carbocycles. The molecule has 128 valence electrons. The van der Waals surface area contributed by atoms with Gasteiger partial charge in [-0.1, -0.05) is 60.2 Å². The highest BCUT2D eigenvalue weighted by molar-refractivity contribution is 7.88. The molecule has 5 heteroatoms. The van der Waals surface area contributed by atoms with Gasteiger partial charge in [0.25, 0.3) is 0 Å². The lowest BCUT2D eigenvalue weighted by atomic mass is 10.1. The minimum atomic E-state index is -3.22. The fourth-order valence-corrected chi connectivity index (χ4v) is 4.66. The highest BCUT2D eigenvalue weighted by atomic mass is 32.2. The molecule has 1 saturated heterocycles. The number of nitrogens with zero attached hydrogens (tertiary/aromatic N) is 1. The molecule has 3 rings (SSSR count). The standard InChI is InChI=1S/C19H24N2O2S/c1-17-7-9-18(10-8-17)15-20-11-13-21(14-12-20)24(22,23)16-19-5-3-2-4-6-19/h2-10H,11-16H2,1H3/p+1. The minimum Gasteiger partial charge on any atom is -0.329 e. The molecular formula is C19H25N2O2S+. The molecule has 1 N–H and O–H groups in total. The average molecular weight is 345 g/mol. The summed E-state index contributed by atoms with van der Waals surface area (Å²) in [6.45, 7) is 6.00. The normalized spacial score (nSPS) is 17.0. The first kappa shape index (κ1) is 17.1. The summed E-state index contributed by atoms with van der Waals surface area (Å²) < 4.78 is 26.8. The number of hydrogen-bond donors (Lipinski definition) is 1. The van der Waals surface area contributed by atoms with E-state index in [0.29, 0.717) is 13.1 Å². The molecule has 0 amide bonds. The molecule has 0 aromatic heterocycles. The first-order valence-electron chi connectivity index (χ1n) is 8.44. The number of sulfonamides is 1. The Morgan fingerprint density at radius 1 is 0.917 bits per heavy atom. The van der Waals surface area contributed by atoms with Gasteiger partial charge in [0.1, 0.15) is 6.54 Å². The third kappa shape index (κ3) is 4.44. The summed E-state index contributed by atoms with van der Waals surface area (Å²) in [6, 6.07) is 18.0. The second kappa shape index (κ2) is 7.47. The van der Waals surface area contributed by atoms with Crippen LogP contribution in [-0.4, -0.2) is 38.9 Å². The summed E-state index contributed by atoms with van der Waals surface area (Å²) >= 11 is 0. The molecule has 0 bridgehead atoms. The summed E-state index contributed by atoms with van der Waals surface area (Å²) in [5.74, 6) is 0.0983. The van der Waals surface area contributed by atoms with E-state index < -0.39 is 10.0 Å². The van der Waals surface area contributed by atoms with Crippen molar-refractivity contribution >= 4 is 10.0 Å². The first-order chi connectivity index (χ1) is 11.5. The van der Waals surface area contributed by atoms with E-state index in [0.717, 1.165) is 25.2 Å². The molecule has 1 heterocycles. The molecule has 2 aromatic carbocycles. The van der Waals surface area contributed by atoms with Gasteiger partial charge < -0.3 is 4.90 Å². The zero-order valence-electron chi connectivity index (χ0n) is 14.1. The van der Waals surface area contributed by atoms with Gasteiger partial charge in [-0.25, -0.2) is 8.42 Å². The Hall–Kier alpha value is -1.69. The Balaban J connectivity index is 1.55. The lowest BCUT2D eigenvalue weighted by molar-refractivity contribution is -0.917. The van der Waals surface area contributed by atoms with Crippen LogP contribution in [0, 0.1) is 6.92 Å². The number of hydrogen-bond acceptors (Lipinski definition) is 2. The largest absolute Gasteiger partial charge is 0.329 e. The maximum atomic E-state index is 12.6. The van der Waals surface area contributed by atoms with Crippen LogP contribution in [0.3, 0.4) is 0 Å². The smallest absolute Gasteiger partial charge is 0.218 e. The van der Waals surface area contributed by atoms with E-state index in [9.17, 15) is 8.42 Å². The predicted molar refractivity (Wildman–Crippen MR) is 96.2 cm³/mol. The van der Waals surface area contributed by atoms with Crippen molar-refractivity contribution in [2.24, 2.45) is 0 Å². The lowest BCUT2D eigenvalue weighted by Crippen LogP contribution is -3.13. The van der Waals surface area contributed by atoms with E-state index in [1.54, 1.807) is 4.31 Å². The molecule has 2 aromatic rings. The van der Waals surface area contributed by atoms with Gasteiger partial charge in [-0.15, -0.1) is 0 Å². The molecule has 4 nitrogen and oxygen atoms in total. The molecule has 1 aliphatic heterocycles. The Morgan fingerprint density at radius 3 is 2.17 bits per heavy atom. The van der Waals surface area contributed by atoms with Gasteiger partial charge >= 0.3 is 0 Å². The van der Waals surface area contributed by atoms with Gasteiger partial charge in [0.15, 0.2) is 0 Å². The van der Waals surface area contributed by atoms with E-state index in [2.05, 4.69) is 31.2 Å². The summed E-state index contributed by atoms with van der Waals surface area (Å²) in [6.07, 6.45) is 0. The highest BCUT2D eigenvalue weighted by Gasteiger charge is 2.29. The van der Waals surface area contributed by atoms with Crippen molar-refractivity contribution in [3.63, 3.8) is 0 Å². The SMILES string of the molecule is Cc1ccc(C[NH+]2CCN(S(=O)(=O)Cc3ccccc3)CC2)cc1. The molecule has 1 aliphatic rings. The summed E-state index contributed by atoms with van der Waals surface area (Å²) in [7, 11) is -3.22. The van der Waals surface area contributed by atoms with Gasteiger partial charge in [0.05, 0.1) is 31.9 Å². The minimum absolute atomic E-state index is 0.0983. The first-order valence-corrected chi connectivity index (χ1v) is 10.0. The van der Waals surface area contributed by atoms with Gasteiger partial charge in [0.2, 0.25) is 10.0 Å². The van der Waals surface area contributed by atoms with Crippen molar-refractivity contribution in [2.75, 3.05) is 26.2 Å². The molecule has 0 radical (unpaired) electrons. The number of aryl methyl sites for hydroxylation is 1. The van der Waals surface area contributed by atoms with Crippen LogP contribution in [0.15, 0.2) is 54.6 Å². The zero-order valence-corrected chi connectivity index (χ0v) is 14.9. The number of quaternary nitrogens is 1. The molecule has 0 saturated carbocycles. The number of rotatable bonds is 5. The maximum absolute atomic E-state index is 12.6. The van der Waals surface area contributed by atoms with Crippen molar-refractivity contribution in [3.05, 3.63) is 71.3 Å². The van der Waals surface area contributed by atoms with E-state index in [1.807, 2.05) is 30.3 Å². The van der Waals surface area contributed by atoms with E-state index in [1.165, 1.54) is 16.0 Å². The van der Waals surface area contributed by atoms with Crippen molar-refractivity contribution in [2.45, 2.75) is 19.2 Å². The summed E-state index contributed by atoms with van der Waals surface area (Å²) in [4.78, 5) is 1.45. The van der Waals surface area contributed by atoms with Crippen molar-refractivity contribution < 1.29 is 13.3 Å². The van der Waals surface area contributed by atoms with Gasteiger partial charge in [0, 0.05) is 5.56 Å². The van der Waals surface area contributed by atoms with Crippen LogP contribution in [0.2, 0.25) is 0 Å². The van der Waals surface area contributed by atoms with Crippen LogP contribution in [0.25, 0.3) is 0 Å². The lowest BCUT2D eigenvalue weighted by Gasteiger charge is -2.31. The van der Waals surface area contributed by atoms with Crippen LogP contribution in [-0.2, 0) is 22.3 Å². The Labute approximate surface area is 144 Å². The molecular weight excluding hydrogens is 320 g/mol. The second-order valence-corrected chi connectivity index (χ2v) is 8.52. The number of piperazine rings is 1. The van der Waals surface area contributed by atoms with Crippen molar-refractivity contribution in [1.29, 1.82) is 0 Å². The fraction of sp³-hybridized carbons (Fsp3) is 0.368. The Bertz CT molecular complexity index is 750. The maximum Gasteiger partial charge on any atom is 0.218 e. The average Bonchev–Trinajstić information content (AvgIpc) is 2.58. The third-order valence-corrected chi connectivity index (χ3v) is 6.44. The van der Waals surface area contributed by atoms with Crippen LogP contribution < -0.4 is 4.90 Å². The van der Waals surface area contributed by atoms with Gasteiger partial charge in [-0.05, 0) is 12.5 Å². The quantitative estimate of drug-likeness (QED) is 0.886. The third-order valence-electron chi connectivity index (χ3n) is 4.59. The molecule has 0 atom stereocenters. The van der Waals surface area contributed by atoms with Crippen LogP contribution in [0.5, 0.6) is 0 Å². The molecule has 0 spiro atoms. The molecule has 24 heavy (non-hydrogen) atoms. The van der Waals surface area contributed by atoms with Crippen LogP contribution >= 0.6 is 0 Å². The zero-order chi connectivity index (χ0) is 17.0. The van der Waals surface area contributed by atoms with Crippen LogP contribution in [0.1, 0.15) is 16.7 Å². The van der Waals surface area contributed by atoms with Gasteiger partial charge in [-0.2, -0.15) is 4.31 Å².